The molecule has 0 saturated carbocycles. The lowest BCUT2D eigenvalue weighted by atomic mass is 10.1. The lowest BCUT2D eigenvalue weighted by Crippen LogP contribution is -2.16. The summed E-state index contributed by atoms with van der Waals surface area (Å²) < 4.78 is 21.6. The van der Waals surface area contributed by atoms with Gasteiger partial charge in [0, 0.05) is 6.54 Å². The van der Waals surface area contributed by atoms with Gasteiger partial charge in [0.1, 0.15) is 0 Å². The first-order valence-corrected chi connectivity index (χ1v) is 8.19. The minimum absolute atomic E-state index is 0.316. The highest BCUT2D eigenvalue weighted by Crippen LogP contribution is 2.32. The molecule has 1 N–H and O–H groups in total. The fourth-order valence-corrected chi connectivity index (χ4v) is 2.66. The number of hydrogen-bond acceptors (Lipinski definition) is 5. The maximum absolute atomic E-state index is 5.61. The molecule has 5 heteroatoms. The first kappa shape index (κ1) is 16.5. The normalized spacial score (nSPS) is 12.2. The number of ether oxygens (including phenoxy) is 4. The Morgan fingerprint density at radius 1 is 1.00 bits per heavy atom. The summed E-state index contributed by atoms with van der Waals surface area (Å²) in [6, 6.07) is 12.1. The third-order valence-electron chi connectivity index (χ3n) is 3.88. The van der Waals surface area contributed by atoms with Gasteiger partial charge in [0.05, 0.1) is 13.7 Å². The lowest BCUT2D eigenvalue weighted by molar-refractivity contribution is 0.174. The molecular weight excluding hydrogens is 306 g/mol. The van der Waals surface area contributed by atoms with Crippen LogP contribution >= 0.6 is 0 Å². The van der Waals surface area contributed by atoms with E-state index in [1.165, 1.54) is 11.1 Å². The molecule has 0 spiro atoms. The molecule has 1 heterocycles. The van der Waals surface area contributed by atoms with Gasteiger partial charge in [-0.3, -0.25) is 0 Å². The summed E-state index contributed by atoms with van der Waals surface area (Å²) in [6.07, 6.45) is 0.936. The molecule has 0 aromatic heterocycles. The van der Waals surface area contributed by atoms with E-state index in [0.717, 1.165) is 42.5 Å². The van der Waals surface area contributed by atoms with Crippen LogP contribution in [0.3, 0.4) is 0 Å². The van der Waals surface area contributed by atoms with Crippen molar-refractivity contribution in [1.82, 2.24) is 5.32 Å². The molecule has 0 atom stereocenters. The Hall–Kier alpha value is -2.40. The third kappa shape index (κ3) is 3.92. The van der Waals surface area contributed by atoms with E-state index in [2.05, 4.69) is 17.4 Å². The van der Waals surface area contributed by atoms with Gasteiger partial charge >= 0.3 is 0 Å². The lowest BCUT2D eigenvalue weighted by Gasteiger charge is -2.11. The monoisotopic (exact) mass is 329 g/mol. The highest BCUT2D eigenvalue weighted by atomic mass is 16.7. The molecule has 0 radical (unpaired) electrons. The summed E-state index contributed by atoms with van der Waals surface area (Å²) in [4.78, 5) is 0. The summed E-state index contributed by atoms with van der Waals surface area (Å²) in [6.45, 7) is 4.58. The Morgan fingerprint density at radius 3 is 2.67 bits per heavy atom. The van der Waals surface area contributed by atoms with E-state index in [9.17, 15) is 0 Å². The zero-order chi connectivity index (χ0) is 16.8. The summed E-state index contributed by atoms with van der Waals surface area (Å²) in [5.74, 6) is 3.22. The molecule has 2 aromatic carbocycles. The average Bonchev–Trinajstić information content (AvgIpc) is 3.07. The number of methoxy groups -OCH3 is 1. The van der Waals surface area contributed by atoms with Gasteiger partial charge in [-0.15, -0.1) is 0 Å². The Bertz CT molecular complexity index is 687. The quantitative estimate of drug-likeness (QED) is 0.754. The maximum atomic E-state index is 5.61. The maximum Gasteiger partial charge on any atom is 0.231 e. The Morgan fingerprint density at radius 2 is 1.83 bits per heavy atom. The molecule has 0 bridgehead atoms. The molecule has 1 aliphatic rings. The number of benzene rings is 2. The van der Waals surface area contributed by atoms with Crippen LogP contribution in [0, 0.1) is 0 Å². The van der Waals surface area contributed by atoms with Crippen molar-refractivity contribution in [2.75, 3.05) is 27.1 Å². The molecule has 128 valence electrons. The molecule has 2 aromatic rings. The number of rotatable bonds is 8. The van der Waals surface area contributed by atoms with Gasteiger partial charge in [0.25, 0.3) is 0 Å². The van der Waals surface area contributed by atoms with Crippen molar-refractivity contribution in [3.05, 3.63) is 47.5 Å². The van der Waals surface area contributed by atoms with E-state index in [-0.39, 0.29) is 0 Å². The van der Waals surface area contributed by atoms with Crippen molar-refractivity contribution in [2.45, 2.75) is 19.9 Å². The molecule has 0 unspecified atom stereocenters. The van der Waals surface area contributed by atoms with Crippen molar-refractivity contribution in [3.63, 3.8) is 0 Å². The van der Waals surface area contributed by atoms with Crippen LogP contribution in [0.15, 0.2) is 36.4 Å². The Kier molecular flexibility index (Phi) is 5.43. The van der Waals surface area contributed by atoms with Crippen molar-refractivity contribution in [3.8, 4) is 23.0 Å². The number of nitrogens with one attached hydrogen (secondary N) is 1. The van der Waals surface area contributed by atoms with Crippen LogP contribution in [0.5, 0.6) is 23.0 Å². The fraction of sp³-hybridized carbons (Fsp3) is 0.368. The summed E-state index contributed by atoms with van der Waals surface area (Å²) >= 11 is 0. The first-order valence-electron chi connectivity index (χ1n) is 8.19. The predicted octanol–water partition coefficient (Wildman–Crippen LogP) is 3.15. The first-order chi connectivity index (χ1) is 11.8. The minimum atomic E-state index is 0.316. The standard InChI is InChI=1S/C19H23NO4/c1-3-22-18-11-15(5-6-16(18)21-2)12-20-9-8-14-4-7-17-19(10-14)24-13-23-17/h4-7,10-11,20H,3,8-9,12-13H2,1-2H3. The average molecular weight is 329 g/mol. The second kappa shape index (κ2) is 7.93. The fourth-order valence-electron chi connectivity index (χ4n) is 2.66. The SMILES string of the molecule is CCOc1cc(CNCCc2ccc3c(c2)OCO3)ccc1OC. The van der Waals surface area contributed by atoms with E-state index in [1.807, 2.05) is 31.2 Å². The van der Waals surface area contributed by atoms with Crippen LogP contribution in [0.25, 0.3) is 0 Å². The molecule has 3 rings (SSSR count). The molecule has 0 fully saturated rings. The van der Waals surface area contributed by atoms with Crippen molar-refractivity contribution in [2.24, 2.45) is 0 Å². The highest BCUT2D eigenvalue weighted by Gasteiger charge is 2.12. The smallest absolute Gasteiger partial charge is 0.231 e. The minimum Gasteiger partial charge on any atom is -0.493 e. The van der Waals surface area contributed by atoms with Gasteiger partial charge in [0.15, 0.2) is 23.0 Å². The van der Waals surface area contributed by atoms with Gasteiger partial charge in [-0.2, -0.15) is 0 Å². The molecule has 1 aliphatic heterocycles. The molecular formula is C19H23NO4. The van der Waals surface area contributed by atoms with Gasteiger partial charge in [0.2, 0.25) is 6.79 Å². The summed E-state index contributed by atoms with van der Waals surface area (Å²) in [7, 11) is 1.65. The third-order valence-corrected chi connectivity index (χ3v) is 3.88. The second-order valence-corrected chi connectivity index (χ2v) is 5.53. The Labute approximate surface area is 142 Å². The van der Waals surface area contributed by atoms with E-state index in [0.29, 0.717) is 13.4 Å². The van der Waals surface area contributed by atoms with Crippen LogP contribution < -0.4 is 24.3 Å². The van der Waals surface area contributed by atoms with Crippen molar-refractivity contribution >= 4 is 0 Å². The summed E-state index contributed by atoms with van der Waals surface area (Å²) in [5.41, 5.74) is 2.40. The van der Waals surface area contributed by atoms with Crippen molar-refractivity contribution < 1.29 is 18.9 Å². The van der Waals surface area contributed by atoms with Gasteiger partial charge in [-0.1, -0.05) is 12.1 Å². The number of fused-ring (bicyclic) bond motifs is 1. The largest absolute Gasteiger partial charge is 0.493 e. The second-order valence-electron chi connectivity index (χ2n) is 5.53. The van der Waals surface area contributed by atoms with Gasteiger partial charge < -0.3 is 24.3 Å². The van der Waals surface area contributed by atoms with E-state index in [1.54, 1.807) is 7.11 Å². The van der Waals surface area contributed by atoms with Crippen LogP contribution in [0.2, 0.25) is 0 Å². The Balaban J connectivity index is 1.50. The zero-order valence-electron chi connectivity index (χ0n) is 14.1. The number of hydrogen-bond donors (Lipinski definition) is 1. The van der Waals surface area contributed by atoms with Gasteiger partial charge in [-0.05, 0) is 55.3 Å². The summed E-state index contributed by atoms with van der Waals surface area (Å²) in [5, 5.41) is 3.46. The molecule has 0 aliphatic carbocycles. The zero-order valence-corrected chi connectivity index (χ0v) is 14.1. The topological polar surface area (TPSA) is 49.0 Å². The van der Waals surface area contributed by atoms with Gasteiger partial charge in [-0.25, -0.2) is 0 Å². The van der Waals surface area contributed by atoms with E-state index >= 15 is 0 Å². The highest BCUT2D eigenvalue weighted by molar-refractivity contribution is 5.44. The van der Waals surface area contributed by atoms with E-state index < -0.39 is 0 Å². The van der Waals surface area contributed by atoms with Crippen LogP contribution in [-0.2, 0) is 13.0 Å². The van der Waals surface area contributed by atoms with Crippen LogP contribution in [0.1, 0.15) is 18.1 Å². The van der Waals surface area contributed by atoms with E-state index in [4.69, 9.17) is 18.9 Å². The molecule has 0 saturated heterocycles. The van der Waals surface area contributed by atoms with Crippen LogP contribution in [0.4, 0.5) is 0 Å². The predicted molar refractivity (Wildman–Crippen MR) is 92.1 cm³/mol. The molecule has 24 heavy (non-hydrogen) atoms. The molecule has 5 nitrogen and oxygen atoms in total. The molecule has 0 amide bonds. The van der Waals surface area contributed by atoms with Crippen molar-refractivity contribution in [1.29, 1.82) is 0 Å². The van der Waals surface area contributed by atoms with Crippen LogP contribution in [-0.4, -0.2) is 27.1 Å².